The first-order chi connectivity index (χ1) is 9.79. The number of hydrogen-bond donors (Lipinski definition) is 1. The van der Waals surface area contributed by atoms with Crippen LogP contribution in [0.3, 0.4) is 0 Å². The van der Waals surface area contributed by atoms with Crippen molar-refractivity contribution in [1.82, 2.24) is 9.88 Å². The largest absolute Gasteiger partial charge is 0.393 e. The van der Waals surface area contributed by atoms with Crippen LogP contribution in [0.5, 0.6) is 0 Å². The highest BCUT2D eigenvalue weighted by Gasteiger charge is 2.41. The third-order valence-corrected chi connectivity index (χ3v) is 6.22. The molecule has 3 atom stereocenters. The molecule has 2 aromatic heterocycles. The number of nitrogens with zero attached hydrogens (tertiary/aromatic N) is 2. The highest BCUT2D eigenvalue weighted by Crippen LogP contribution is 2.38. The molecular formula is C15H18N2OS2. The van der Waals surface area contributed by atoms with Crippen molar-refractivity contribution >= 4 is 22.7 Å². The number of thiazole rings is 1. The Hall–Kier alpha value is -0.750. The Morgan fingerprint density at radius 3 is 3.05 bits per heavy atom. The summed E-state index contributed by atoms with van der Waals surface area (Å²) in [6.07, 6.45) is 2.13. The van der Waals surface area contributed by atoms with E-state index >= 15 is 0 Å². The Bertz CT molecular complexity index is 580. The first-order valence-corrected chi connectivity index (χ1v) is 8.99. The molecule has 3 unspecified atom stereocenters. The fraction of sp³-hybridized carbons (Fsp3) is 0.533. The average Bonchev–Trinajstić information content (AvgIpc) is 3.17. The maximum absolute atomic E-state index is 9.97. The molecule has 4 rings (SSSR count). The van der Waals surface area contributed by atoms with E-state index in [4.69, 9.17) is 4.98 Å². The summed E-state index contributed by atoms with van der Waals surface area (Å²) in [5.41, 5.74) is 2.41. The summed E-state index contributed by atoms with van der Waals surface area (Å²) in [6.45, 7) is 3.10. The first kappa shape index (κ1) is 13.0. The van der Waals surface area contributed by atoms with Crippen LogP contribution in [0, 0.1) is 11.8 Å². The van der Waals surface area contributed by atoms with E-state index in [0.717, 1.165) is 31.1 Å². The lowest BCUT2D eigenvalue weighted by molar-refractivity contribution is 0.123. The average molecular weight is 306 g/mol. The van der Waals surface area contributed by atoms with Crippen molar-refractivity contribution in [3.63, 3.8) is 0 Å². The molecule has 1 aliphatic heterocycles. The lowest BCUT2D eigenvalue weighted by atomic mass is 10.00. The molecular weight excluding hydrogens is 288 g/mol. The van der Waals surface area contributed by atoms with Crippen molar-refractivity contribution in [3.05, 3.63) is 27.9 Å². The number of rotatable bonds is 3. The molecule has 0 amide bonds. The lowest BCUT2D eigenvalue weighted by Crippen LogP contribution is -2.24. The summed E-state index contributed by atoms with van der Waals surface area (Å²) < 4.78 is 0. The van der Waals surface area contributed by atoms with Gasteiger partial charge in [-0.1, -0.05) is 0 Å². The summed E-state index contributed by atoms with van der Waals surface area (Å²) in [5, 5.41) is 17.5. The molecule has 1 N–H and O–H groups in total. The Balaban J connectivity index is 1.43. The summed E-state index contributed by atoms with van der Waals surface area (Å²) in [7, 11) is 0. The molecule has 1 saturated carbocycles. The summed E-state index contributed by atoms with van der Waals surface area (Å²) in [4.78, 5) is 7.21. The molecule has 1 saturated heterocycles. The van der Waals surface area contributed by atoms with E-state index in [2.05, 4.69) is 27.1 Å². The monoisotopic (exact) mass is 306 g/mol. The summed E-state index contributed by atoms with van der Waals surface area (Å²) in [6, 6.07) is 2.13. The molecule has 2 fully saturated rings. The molecule has 3 nitrogen and oxygen atoms in total. The van der Waals surface area contributed by atoms with Crippen LogP contribution in [0.15, 0.2) is 22.2 Å². The van der Waals surface area contributed by atoms with Crippen LogP contribution >= 0.6 is 22.7 Å². The maximum Gasteiger partial charge on any atom is 0.124 e. The standard InChI is InChI=1S/C15H18N2OS2/c18-14-2-1-10-5-17(7-13(10)14)6-12-9-20-15(16-12)11-3-4-19-8-11/h3-4,8-10,13-14,18H,1-2,5-7H2. The van der Waals surface area contributed by atoms with Gasteiger partial charge >= 0.3 is 0 Å². The van der Waals surface area contributed by atoms with Gasteiger partial charge in [0.15, 0.2) is 0 Å². The second-order valence-electron chi connectivity index (χ2n) is 5.92. The topological polar surface area (TPSA) is 36.4 Å². The minimum absolute atomic E-state index is 0.0678. The minimum atomic E-state index is -0.0678. The van der Waals surface area contributed by atoms with Gasteiger partial charge in [-0.2, -0.15) is 11.3 Å². The summed E-state index contributed by atoms with van der Waals surface area (Å²) in [5.74, 6) is 1.21. The second-order valence-corrected chi connectivity index (χ2v) is 7.56. The van der Waals surface area contributed by atoms with E-state index < -0.39 is 0 Å². The predicted octanol–water partition coefficient (Wildman–Crippen LogP) is 3.07. The minimum Gasteiger partial charge on any atom is -0.393 e. The third-order valence-electron chi connectivity index (χ3n) is 4.60. The molecule has 0 radical (unpaired) electrons. The number of thiophene rings is 1. The predicted molar refractivity (Wildman–Crippen MR) is 82.9 cm³/mol. The zero-order valence-corrected chi connectivity index (χ0v) is 12.9. The number of fused-ring (bicyclic) bond motifs is 1. The van der Waals surface area contributed by atoms with E-state index in [1.54, 1.807) is 22.7 Å². The quantitative estimate of drug-likeness (QED) is 0.947. The van der Waals surface area contributed by atoms with Crippen LogP contribution in [0.4, 0.5) is 0 Å². The SMILES string of the molecule is OC1CCC2CN(Cc3csc(-c4ccsc4)n3)CC12. The van der Waals surface area contributed by atoms with Gasteiger partial charge < -0.3 is 5.11 Å². The van der Waals surface area contributed by atoms with Crippen molar-refractivity contribution in [2.75, 3.05) is 13.1 Å². The fourth-order valence-corrected chi connectivity index (χ4v) is 5.11. The van der Waals surface area contributed by atoms with Gasteiger partial charge in [-0.05, 0) is 30.2 Å². The zero-order valence-electron chi connectivity index (χ0n) is 11.2. The van der Waals surface area contributed by atoms with Crippen LogP contribution < -0.4 is 0 Å². The van der Waals surface area contributed by atoms with Crippen LogP contribution in [-0.2, 0) is 6.54 Å². The highest BCUT2D eigenvalue weighted by atomic mass is 32.1. The van der Waals surface area contributed by atoms with Gasteiger partial charge in [0.1, 0.15) is 5.01 Å². The van der Waals surface area contributed by atoms with E-state index in [0.29, 0.717) is 11.8 Å². The molecule has 3 heterocycles. The number of hydrogen-bond acceptors (Lipinski definition) is 5. The first-order valence-electron chi connectivity index (χ1n) is 7.17. The highest BCUT2D eigenvalue weighted by molar-refractivity contribution is 7.14. The smallest absolute Gasteiger partial charge is 0.124 e. The van der Waals surface area contributed by atoms with Gasteiger partial charge in [-0.15, -0.1) is 11.3 Å². The van der Waals surface area contributed by atoms with Crippen LogP contribution in [0.2, 0.25) is 0 Å². The van der Waals surface area contributed by atoms with E-state index in [1.807, 2.05) is 0 Å². The Labute approximate surface area is 126 Å². The molecule has 5 heteroatoms. The number of aliphatic hydroxyl groups excluding tert-OH is 1. The van der Waals surface area contributed by atoms with Crippen LogP contribution in [-0.4, -0.2) is 34.2 Å². The number of likely N-dealkylation sites (tertiary alicyclic amines) is 1. The van der Waals surface area contributed by atoms with Gasteiger partial charge in [0, 0.05) is 41.9 Å². The molecule has 0 spiro atoms. The van der Waals surface area contributed by atoms with Gasteiger partial charge in [0.05, 0.1) is 11.8 Å². The van der Waals surface area contributed by atoms with Crippen molar-refractivity contribution in [2.24, 2.45) is 11.8 Å². The third kappa shape index (κ3) is 2.33. The second kappa shape index (κ2) is 5.22. The Kier molecular flexibility index (Phi) is 3.38. The normalized spacial score (nSPS) is 29.9. The van der Waals surface area contributed by atoms with Gasteiger partial charge in [0.25, 0.3) is 0 Å². The van der Waals surface area contributed by atoms with E-state index in [9.17, 15) is 5.11 Å². The van der Waals surface area contributed by atoms with Gasteiger partial charge in [-0.3, -0.25) is 4.90 Å². The van der Waals surface area contributed by atoms with Gasteiger partial charge in [0.2, 0.25) is 0 Å². The van der Waals surface area contributed by atoms with Crippen LogP contribution in [0.25, 0.3) is 10.6 Å². The maximum atomic E-state index is 9.97. The molecule has 20 heavy (non-hydrogen) atoms. The summed E-state index contributed by atoms with van der Waals surface area (Å²) >= 11 is 3.45. The Morgan fingerprint density at radius 1 is 1.30 bits per heavy atom. The van der Waals surface area contributed by atoms with E-state index in [1.165, 1.54) is 17.7 Å². The molecule has 1 aliphatic carbocycles. The fourth-order valence-electron chi connectivity index (χ4n) is 3.59. The molecule has 106 valence electrons. The van der Waals surface area contributed by atoms with E-state index in [-0.39, 0.29) is 6.10 Å². The molecule has 2 aromatic rings. The zero-order chi connectivity index (χ0) is 13.5. The lowest BCUT2D eigenvalue weighted by Gasteiger charge is -2.16. The van der Waals surface area contributed by atoms with Crippen LogP contribution in [0.1, 0.15) is 18.5 Å². The molecule has 0 aromatic carbocycles. The number of aliphatic hydroxyl groups is 1. The van der Waals surface area contributed by atoms with Gasteiger partial charge in [-0.25, -0.2) is 4.98 Å². The van der Waals surface area contributed by atoms with Crippen molar-refractivity contribution in [1.29, 1.82) is 0 Å². The van der Waals surface area contributed by atoms with Crippen molar-refractivity contribution in [3.8, 4) is 10.6 Å². The van der Waals surface area contributed by atoms with Crippen molar-refractivity contribution in [2.45, 2.75) is 25.5 Å². The Morgan fingerprint density at radius 2 is 2.25 bits per heavy atom. The molecule has 0 bridgehead atoms. The molecule has 2 aliphatic rings. The van der Waals surface area contributed by atoms with Crippen molar-refractivity contribution < 1.29 is 5.11 Å². The number of aromatic nitrogens is 1.